The summed E-state index contributed by atoms with van der Waals surface area (Å²) < 4.78 is 0. The van der Waals surface area contributed by atoms with Crippen molar-refractivity contribution in [1.82, 2.24) is 14.9 Å². The van der Waals surface area contributed by atoms with Crippen molar-refractivity contribution in [2.75, 3.05) is 36.4 Å². The lowest BCUT2D eigenvalue weighted by Gasteiger charge is -2.52. The Kier molecular flexibility index (Phi) is 6.79. The van der Waals surface area contributed by atoms with Gasteiger partial charge in [0.1, 0.15) is 5.82 Å². The van der Waals surface area contributed by atoms with Crippen molar-refractivity contribution in [3.8, 4) is 0 Å². The van der Waals surface area contributed by atoms with Crippen LogP contribution in [-0.4, -0.2) is 58.2 Å². The Bertz CT molecular complexity index is 1220. The zero-order valence-corrected chi connectivity index (χ0v) is 23.6. The van der Waals surface area contributed by atoms with Crippen molar-refractivity contribution < 1.29 is 9.90 Å². The van der Waals surface area contributed by atoms with Crippen molar-refractivity contribution >= 4 is 29.3 Å². The fraction of sp³-hybridized carbons (Fsp3) is 0.633. The van der Waals surface area contributed by atoms with Gasteiger partial charge in [0.2, 0.25) is 5.95 Å². The number of carboxylic acids is 1. The van der Waals surface area contributed by atoms with Crippen molar-refractivity contribution in [1.29, 1.82) is 0 Å². The SMILES string of the molecule is Cc1ccc(C(C)Nc2nc(N3CC(C4CCCN(C5CC(C)(C(=O)O)C5)C4)C3)nc3c2CCC3)c(Cl)c1. The van der Waals surface area contributed by atoms with Crippen LogP contribution in [0.3, 0.4) is 0 Å². The number of hydrogen-bond donors (Lipinski definition) is 2. The zero-order chi connectivity index (χ0) is 26.6. The average Bonchev–Trinajstić information content (AvgIpc) is 3.30. The van der Waals surface area contributed by atoms with Crippen LogP contribution in [-0.2, 0) is 17.6 Å². The van der Waals surface area contributed by atoms with Gasteiger partial charge in [0.05, 0.1) is 17.2 Å². The van der Waals surface area contributed by atoms with Gasteiger partial charge in [-0.2, -0.15) is 4.98 Å². The number of benzene rings is 1. The Labute approximate surface area is 231 Å². The van der Waals surface area contributed by atoms with Crippen molar-refractivity contribution in [2.24, 2.45) is 17.3 Å². The first-order chi connectivity index (χ1) is 18.2. The highest BCUT2D eigenvalue weighted by atomic mass is 35.5. The van der Waals surface area contributed by atoms with E-state index in [1.165, 1.54) is 24.1 Å². The lowest BCUT2D eigenvalue weighted by Crippen LogP contribution is -2.58. The monoisotopic (exact) mass is 537 g/mol. The number of hydrogen-bond acceptors (Lipinski definition) is 6. The van der Waals surface area contributed by atoms with E-state index in [4.69, 9.17) is 21.6 Å². The van der Waals surface area contributed by atoms with Crippen LogP contribution in [0.2, 0.25) is 5.02 Å². The summed E-state index contributed by atoms with van der Waals surface area (Å²) in [7, 11) is 0. The van der Waals surface area contributed by atoms with Gasteiger partial charge >= 0.3 is 5.97 Å². The highest BCUT2D eigenvalue weighted by molar-refractivity contribution is 6.31. The van der Waals surface area contributed by atoms with Crippen molar-refractivity contribution in [3.63, 3.8) is 0 Å². The summed E-state index contributed by atoms with van der Waals surface area (Å²) in [5.74, 6) is 2.51. The summed E-state index contributed by atoms with van der Waals surface area (Å²) in [6, 6.07) is 6.73. The van der Waals surface area contributed by atoms with Gasteiger partial charge in [0, 0.05) is 36.3 Å². The number of nitrogens with one attached hydrogen (secondary N) is 1. The van der Waals surface area contributed by atoms with E-state index in [0.29, 0.717) is 17.9 Å². The summed E-state index contributed by atoms with van der Waals surface area (Å²) in [6.07, 6.45) is 7.23. The summed E-state index contributed by atoms with van der Waals surface area (Å²) >= 11 is 6.57. The largest absolute Gasteiger partial charge is 0.481 e. The molecule has 204 valence electrons. The van der Waals surface area contributed by atoms with Crippen LogP contribution in [0.25, 0.3) is 0 Å². The van der Waals surface area contributed by atoms with Gasteiger partial charge in [0.15, 0.2) is 0 Å². The number of rotatable bonds is 7. The lowest BCUT2D eigenvalue weighted by atomic mass is 9.65. The topological polar surface area (TPSA) is 81.6 Å². The van der Waals surface area contributed by atoms with Crippen LogP contribution in [0.15, 0.2) is 18.2 Å². The number of halogens is 1. The van der Waals surface area contributed by atoms with Gasteiger partial charge in [-0.3, -0.25) is 4.79 Å². The molecule has 2 aliphatic carbocycles. The van der Waals surface area contributed by atoms with E-state index in [1.54, 1.807) is 0 Å². The normalized spacial score (nSPS) is 28.4. The third-order valence-corrected chi connectivity index (χ3v) is 9.98. The second kappa shape index (κ2) is 9.98. The molecule has 0 spiro atoms. The molecule has 2 atom stereocenters. The number of likely N-dealkylation sites (tertiary alicyclic amines) is 1. The van der Waals surface area contributed by atoms with Crippen LogP contribution < -0.4 is 10.2 Å². The maximum atomic E-state index is 11.5. The molecule has 0 radical (unpaired) electrons. The molecule has 1 saturated carbocycles. The molecule has 0 bridgehead atoms. The molecule has 6 rings (SSSR count). The first-order valence-electron chi connectivity index (χ1n) is 14.3. The highest BCUT2D eigenvalue weighted by Gasteiger charge is 2.49. The molecule has 1 aromatic carbocycles. The number of aliphatic carboxylic acids is 1. The van der Waals surface area contributed by atoms with Gasteiger partial charge in [-0.05, 0) is 101 Å². The van der Waals surface area contributed by atoms with Gasteiger partial charge in [-0.25, -0.2) is 4.98 Å². The second-order valence-electron chi connectivity index (χ2n) is 12.5. The van der Waals surface area contributed by atoms with Crippen LogP contribution in [0.4, 0.5) is 11.8 Å². The molecule has 0 amide bonds. The van der Waals surface area contributed by atoms with Crippen molar-refractivity contribution in [2.45, 2.75) is 77.8 Å². The van der Waals surface area contributed by atoms with Crippen LogP contribution in [0, 0.1) is 24.2 Å². The molecule has 1 aromatic heterocycles. The van der Waals surface area contributed by atoms with Gasteiger partial charge in [-0.15, -0.1) is 0 Å². The molecule has 2 saturated heterocycles. The van der Waals surface area contributed by atoms with E-state index in [1.807, 2.05) is 13.0 Å². The molecular weight excluding hydrogens is 498 g/mol. The number of anilines is 2. The average molecular weight is 538 g/mol. The molecule has 2 aliphatic heterocycles. The number of aromatic nitrogens is 2. The molecular formula is C30H40ClN5O2. The van der Waals surface area contributed by atoms with Gasteiger partial charge in [0.25, 0.3) is 0 Å². The zero-order valence-electron chi connectivity index (χ0n) is 22.8. The van der Waals surface area contributed by atoms with E-state index < -0.39 is 11.4 Å². The van der Waals surface area contributed by atoms with E-state index in [0.717, 1.165) is 86.2 Å². The highest BCUT2D eigenvalue weighted by Crippen LogP contribution is 2.45. The van der Waals surface area contributed by atoms with E-state index in [2.05, 4.69) is 41.1 Å². The second-order valence-corrected chi connectivity index (χ2v) is 12.9. The predicted molar refractivity (Wildman–Crippen MR) is 151 cm³/mol. The number of nitrogens with zero attached hydrogens (tertiary/aromatic N) is 4. The molecule has 2 aromatic rings. The summed E-state index contributed by atoms with van der Waals surface area (Å²) in [4.78, 5) is 26.5. The first-order valence-corrected chi connectivity index (χ1v) is 14.7. The Hall–Kier alpha value is -2.38. The third-order valence-electron chi connectivity index (χ3n) is 9.65. The van der Waals surface area contributed by atoms with E-state index >= 15 is 0 Å². The Morgan fingerprint density at radius 2 is 1.95 bits per heavy atom. The first kappa shape index (κ1) is 25.9. The van der Waals surface area contributed by atoms with Gasteiger partial charge < -0.3 is 20.2 Å². The minimum Gasteiger partial charge on any atom is -0.481 e. The fourth-order valence-corrected chi connectivity index (χ4v) is 7.49. The smallest absolute Gasteiger partial charge is 0.309 e. The summed E-state index contributed by atoms with van der Waals surface area (Å²) in [5.41, 5.74) is 4.18. The molecule has 3 fully saturated rings. The lowest BCUT2D eigenvalue weighted by molar-refractivity contribution is -0.158. The van der Waals surface area contributed by atoms with E-state index in [9.17, 15) is 9.90 Å². The van der Waals surface area contributed by atoms with Gasteiger partial charge in [-0.1, -0.05) is 23.7 Å². The number of carbonyl (C=O) groups is 1. The van der Waals surface area contributed by atoms with Crippen LogP contribution in [0.1, 0.15) is 74.4 Å². The quantitative estimate of drug-likeness (QED) is 0.482. The molecule has 38 heavy (non-hydrogen) atoms. The minimum absolute atomic E-state index is 0.0578. The Morgan fingerprint density at radius 3 is 2.68 bits per heavy atom. The standard InChI is InChI=1S/C30H40ClN5O2/c1-18-9-10-23(25(31)12-18)19(2)32-27-24-7-4-8-26(24)33-29(34-27)36-16-21(17-36)20-6-5-11-35(15-20)22-13-30(3,14-22)28(37)38/h9-10,12,19-22H,4-8,11,13-17H2,1-3H3,(H,37,38)(H,32,33,34). The van der Waals surface area contributed by atoms with Crippen LogP contribution in [0.5, 0.6) is 0 Å². The molecule has 4 aliphatic rings. The van der Waals surface area contributed by atoms with Crippen LogP contribution >= 0.6 is 11.6 Å². The van der Waals surface area contributed by atoms with Crippen molar-refractivity contribution in [3.05, 3.63) is 45.6 Å². The minimum atomic E-state index is -0.642. The maximum Gasteiger partial charge on any atom is 0.309 e. The molecule has 8 heteroatoms. The van der Waals surface area contributed by atoms with E-state index in [-0.39, 0.29) is 6.04 Å². The number of fused-ring (bicyclic) bond motifs is 1. The molecule has 2 unspecified atom stereocenters. The number of aryl methyl sites for hydroxylation is 2. The third kappa shape index (κ3) is 4.77. The number of piperidine rings is 1. The Morgan fingerprint density at radius 1 is 1.16 bits per heavy atom. The Balaban J connectivity index is 1.10. The molecule has 2 N–H and O–H groups in total. The fourth-order valence-electron chi connectivity index (χ4n) is 7.09. The summed E-state index contributed by atoms with van der Waals surface area (Å²) in [5, 5.41) is 14.0. The summed E-state index contributed by atoms with van der Waals surface area (Å²) in [6.45, 7) is 10.3. The molecule has 7 nitrogen and oxygen atoms in total. The maximum absolute atomic E-state index is 11.5. The predicted octanol–water partition coefficient (Wildman–Crippen LogP) is 5.50. The number of carboxylic acid groups (broad SMARTS) is 1. The molecule has 3 heterocycles.